The van der Waals surface area contributed by atoms with Crippen molar-refractivity contribution in [2.24, 2.45) is 11.8 Å². The number of hydrogen-bond donors (Lipinski definition) is 0. The molecule has 6 heteroatoms. The van der Waals surface area contributed by atoms with Gasteiger partial charge in [0.1, 0.15) is 13.2 Å². The quantitative estimate of drug-likeness (QED) is 0.0345. The van der Waals surface area contributed by atoms with Crippen molar-refractivity contribution >= 4 is 17.9 Å². The highest BCUT2D eigenvalue weighted by Gasteiger charge is 2.19. The van der Waals surface area contributed by atoms with Crippen molar-refractivity contribution in [1.29, 1.82) is 0 Å². The van der Waals surface area contributed by atoms with Crippen LogP contribution in [0, 0.1) is 11.8 Å². The van der Waals surface area contributed by atoms with E-state index >= 15 is 0 Å². The molecule has 0 bridgehead atoms. The highest BCUT2D eigenvalue weighted by Crippen LogP contribution is 2.18. The van der Waals surface area contributed by atoms with Crippen molar-refractivity contribution in [2.45, 2.75) is 304 Å². The molecule has 0 saturated carbocycles. The average Bonchev–Trinajstić information content (AvgIpc) is 3.23. The van der Waals surface area contributed by atoms with E-state index in [0.29, 0.717) is 19.3 Å². The first-order valence-corrected chi connectivity index (χ1v) is 26.8. The number of hydrogen-bond acceptors (Lipinski definition) is 6. The van der Waals surface area contributed by atoms with Gasteiger partial charge in [0.05, 0.1) is 0 Å². The maximum absolute atomic E-state index is 12.8. The van der Waals surface area contributed by atoms with E-state index in [1.807, 2.05) is 0 Å². The summed E-state index contributed by atoms with van der Waals surface area (Å²) in [6.07, 6.45) is 47.9. The fourth-order valence-corrected chi connectivity index (χ4v) is 8.13. The number of ether oxygens (including phenoxy) is 3. The highest BCUT2D eigenvalue weighted by molar-refractivity contribution is 5.71. The van der Waals surface area contributed by atoms with Crippen LogP contribution in [0.5, 0.6) is 0 Å². The number of carbonyl (C=O) groups is 3. The molecular weight excluding hydrogens is 745 g/mol. The number of carbonyl (C=O) groups excluding carboxylic acids is 3. The van der Waals surface area contributed by atoms with Gasteiger partial charge in [-0.2, -0.15) is 0 Å². The zero-order chi connectivity index (χ0) is 44.0. The molecule has 0 aliphatic rings. The van der Waals surface area contributed by atoms with Gasteiger partial charge in [-0.1, -0.05) is 259 Å². The van der Waals surface area contributed by atoms with Crippen molar-refractivity contribution in [2.75, 3.05) is 13.2 Å². The largest absolute Gasteiger partial charge is 0.462 e. The van der Waals surface area contributed by atoms with Crippen molar-refractivity contribution in [3.05, 3.63) is 0 Å². The van der Waals surface area contributed by atoms with Crippen LogP contribution in [0.25, 0.3) is 0 Å². The maximum atomic E-state index is 12.8. The third kappa shape index (κ3) is 45.9. The predicted molar refractivity (Wildman–Crippen MR) is 256 cm³/mol. The monoisotopic (exact) mass is 849 g/mol. The van der Waals surface area contributed by atoms with Crippen molar-refractivity contribution in [3.8, 4) is 0 Å². The molecule has 0 aromatic rings. The molecule has 0 aromatic carbocycles. The molecule has 0 spiro atoms. The molecular formula is C54H104O6. The molecule has 0 heterocycles. The van der Waals surface area contributed by atoms with E-state index in [1.165, 1.54) is 186 Å². The minimum Gasteiger partial charge on any atom is -0.462 e. The molecule has 0 aliphatic heterocycles. The third-order valence-corrected chi connectivity index (χ3v) is 12.6. The van der Waals surface area contributed by atoms with Gasteiger partial charge < -0.3 is 14.2 Å². The van der Waals surface area contributed by atoms with Gasteiger partial charge in [-0.05, 0) is 31.1 Å². The minimum atomic E-state index is -0.762. The van der Waals surface area contributed by atoms with Crippen LogP contribution in [0.3, 0.4) is 0 Å². The predicted octanol–water partition coefficient (Wildman–Crippen LogP) is 17.3. The molecule has 0 aliphatic carbocycles. The Labute approximate surface area is 374 Å². The molecule has 0 radical (unpaired) electrons. The lowest BCUT2D eigenvalue weighted by Gasteiger charge is -2.18. The highest BCUT2D eigenvalue weighted by atomic mass is 16.6. The normalized spacial score (nSPS) is 12.5. The Kier molecular flexibility index (Phi) is 45.7. The molecule has 0 amide bonds. The number of rotatable bonds is 48. The summed E-state index contributed by atoms with van der Waals surface area (Å²) in [5.41, 5.74) is 0. The molecule has 1 unspecified atom stereocenters. The van der Waals surface area contributed by atoms with Gasteiger partial charge in [0.25, 0.3) is 0 Å². The van der Waals surface area contributed by atoms with E-state index in [-0.39, 0.29) is 31.1 Å². The molecule has 0 N–H and O–H groups in total. The second-order valence-corrected chi connectivity index (χ2v) is 19.2. The van der Waals surface area contributed by atoms with E-state index in [1.54, 1.807) is 0 Å². The smallest absolute Gasteiger partial charge is 0.306 e. The second kappa shape index (κ2) is 46.9. The van der Waals surface area contributed by atoms with Crippen LogP contribution in [-0.2, 0) is 28.6 Å². The fourth-order valence-electron chi connectivity index (χ4n) is 8.13. The van der Waals surface area contributed by atoms with Gasteiger partial charge in [0.2, 0.25) is 0 Å². The van der Waals surface area contributed by atoms with Crippen LogP contribution in [0.15, 0.2) is 0 Å². The van der Waals surface area contributed by atoms with Gasteiger partial charge >= 0.3 is 17.9 Å². The second-order valence-electron chi connectivity index (χ2n) is 19.2. The molecule has 60 heavy (non-hydrogen) atoms. The lowest BCUT2D eigenvalue weighted by atomic mass is 9.99. The molecule has 2 atom stereocenters. The van der Waals surface area contributed by atoms with Crippen LogP contribution in [-0.4, -0.2) is 37.2 Å². The lowest BCUT2D eigenvalue weighted by Crippen LogP contribution is -2.30. The Morgan fingerprint density at radius 1 is 0.350 bits per heavy atom. The molecule has 356 valence electrons. The summed E-state index contributed by atoms with van der Waals surface area (Å²) >= 11 is 0. The zero-order valence-electron chi connectivity index (χ0n) is 41.1. The van der Waals surface area contributed by atoms with E-state index < -0.39 is 6.10 Å². The van der Waals surface area contributed by atoms with E-state index in [4.69, 9.17) is 14.2 Å². The van der Waals surface area contributed by atoms with E-state index in [0.717, 1.165) is 69.6 Å². The standard InChI is InChI=1S/C54H104O6/c1-6-8-9-10-11-12-13-14-17-20-23-29-34-39-44-52(55)58-47-51(48-59-53(56)45-40-35-30-26-25-28-33-38-43-50(5)7-2)60-54(57)46-41-36-31-24-21-18-15-16-19-22-27-32-37-42-49(3)4/h49-51H,6-48H2,1-5H3/t50?,51-/m1/s1. The van der Waals surface area contributed by atoms with Crippen LogP contribution in [0.1, 0.15) is 298 Å². The van der Waals surface area contributed by atoms with Crippen LogP contribution >= 0.6 is 0 Å². The van der Waals surface area contributed by atoms with E-state index in [9.17, 15) is 14.4 Å². The summed E-state index contributed by atoms with van der Waals surface area (Å²) in [6.45, 7) is 11.4. The van der Waals surface area contributed by atoms with Crippen molar-refractivity contribution in [3.63, 3.8) is 0 Å². The lowest BCUT2D eigenvalue weighted by molar-refractivity contribution is -0.167. The zero-order valence-corrected chi connectivity index (χ0v) is 41.1. The van der Waals surface area contributed by atoms with Gasteiger partial charge in [0.15, 0.2) is 6.10 Å². The average molecular weight is 849 g/mol. The van der Waals surface area contributed by atoms with Crippen LogP contribution in [0.4, 0.5) is 0 Å². The third-order valence-electron chi connectivity index (χ3n) is 12.6. The number of unbranched alkanes of at least 4 members (excludes halogenated alkanes) is 32. The van der Waals surface area contributed by atoms with E-state index in [2.05, 4.69) is 34.6 Å². The molecule has 0 fully saturated rings. The van der Waals surface area contributed by atoms with Gasteiger partial charge in [-0.3, -0.25) is 14.4 Å². The Morgan fingerprint density at radius 2 is 0.633 bits per heavy atom. The molecule has 0 saturated heterocycles. The Balaban J connectivity index is 4.32. The molecule has 0 rings (SSSR count). The van der Waals surface area contributed by atoms with Crippen molar-refractivity contribution < 1.29 is 28.6 Å². The first-order valence-electron chi connectivity index (χ1n) is 26.8. The first kappa shape index (κ1) is 58.4. The Morgan fingerprint density at radius 3 is 0.950 bits per heavy atom. The summed E-state index contributed by atoms with van der Waals surface area (Å²) in [6, 6.07) is 0. The maximum Gasteiger partial charge on any atom is 0.306 e. The van der Waals surface area contributed by atoms with Gasteiger partial charge in [0, 0.05) is 19.3 Å². The summed E-state index contributed by atoms with van der Waals surface area (Å²) < 4.78 is 16.8. The Hall–Kier alpha value is -1.59. The molecule has 6 nitrogen and oxygen atoms in total. The fraction of sp³-hybridized carbons (Fsp3) is 0.944. The van der Waals surface area contributed by atoms with Crippen LogP contribution < -0.4 is 0 Å². The minimum absolute atomic E-state index is 0.0635. The summed E-state index contributed by atoms with van der Waals surface area (Å²) in [5, 5.41) is 0. The van der Waals surface area contributed by atoms with Gasteiger partial charge in [-0.25, -0.2) is 0 Å². The summed E-state index contributed by atoms with van der Waals surface area (Å²) in [5.74, 6) is 0.840. The van der Waals surface area contributed by atoms with Crippen LogP contribution in [0.2, 0.25) is 0 Å². The number of esters is 3. The van der Waals surface area contributed by atoms with Gasteiger partial charge in [-0.15, -0.1) is 0 Å². The summed E-state index contributed by atoms with van der Waals surface area (Å²) in [7, 11) is 0. The topological polar surface area (TPSA) is 78.9 Å². The SMILES string of the molecule is CCCCCCCCCCCCCCCCC(=O)OC[C@H](COC(=O)CCCCCCCCCCC(C)CC)OC(=O)CCCCCCCCCCCCCCCC(C)C. The Bertz CT molecular complexity index is 918. The summed E-state index contributed by atoms with van der Waals surface area (Å²) in [4.78, 5) is 38.0. The first-order chi connectivity index (χ1) is 29.3. The molecule has 0 aromatic heterocycles. The van der Waals surface area contributed by atoms with Crippen molar-refractivity contribution in [1.82, 2.24) is 0 Å².